The van der Waals surface area contributed by atoms with Gasteiger partial charge in [0, 0.05) is 13.5 Å². The normalized spacial score (nSPS) is 13.9. The molecule has 1 aromatic carbocycles. The van der Waals surface area contributed by atoms with Crippen molar-refractivity contribution in [2.75, 3.05) is 7.11 Å². The molecule has 0 aromatic heterocycles. The third-order valence-corrected chi connectivity index (χ3v) is 2.60. The van der Waals surface area contributed by atoms with Crippen molar-refractivity contribution in [3.8, 4) is 0 Å². The van der Waals surface area contributed by atoms with Crippen molar-refractivity contribution in [1.29, 1.82) is 0 Å². The highest BCUT2D eigenvalue weighted by Gasteiger charge is 2.30. The average molecular weight is 283 g/mol. The molecule has 0 aliphatic heterocycles. The van der Waals surface area contributed by atoms with Crippen molar-refractivity contribution < 1.29 is 17.9 Å². The predicted molar refractivity (Wildman–Crippen MR) is 54.9 cm³/mol. The first-order valence-electron chi connectivity index (χ1n) is 4.26. The summed E-state index contributed by atoms with van der Waals surface area (Å²) in [6, 6.07) is 5.23. The summed E-state index contributed by atoms with van der Waals surface area (Å²) in [4.78, 5) is 0. The fourth-order valence-electron chi connectivity index (χ4n) is 1.14. The lowest BCUT2D eigenvalue weighted by molar-refractivity contribution is -0.137. The van der Waals surface area contributed by atoms with Gasteiger partial charge in [0.2, 0.25) is 0 Å². The highest BCUT2D eigenvalue weighted by Crippen LogP contribution is 2.29. The van der Waals surface area contributed by atoms with Crippen LogP contribution in [0.1, 0.15) is 11.1 Å². The average Bonchev–Trinajstić information content (AvgIpc) is 2.17. The van der Waals surface area contributed by atoms with Gasteiger partial charge in [0.05, 0.1) is 5.56 Å². The molecule has 0 radical (unpaired) electrons. The Labute approximate surface area is 94.4 Å². The number of ether oxygens (including phenoxy) is 1. The first kappa shape index (κ1) is 12.5. The van der Waals surface area contributed by atoms with E-state index in [0.717, 1.165) is 12.1 Å². The summed E-state index contributed by atoms with van der Waals surface area (Å²) < 4.78 is 41.9. The van der Waals surface area contributed by atoms with E-state index in [2.05, 4.69) is 15.9 Å². The lowest BCUT2D eigenvalue weighted by atomic mass is 10.1. The van der Waals surface area contributed by atoms with Gasteiger partial charge in [-0.2, -0.15) is 13.2 Å². The fraction of sp³-hybridized carbons (Fsp3) is 0.400. The molecular weight excluding hydrogens is 273 g/mol. The summed E-state index contributed by atoms with van der Waals surface area (Å²) in [6.45, 7) is 0. The van der Waals surface area contributed by atoms with Crippen molar-refractivity contribution >= 4 is 15.9 Å². The van der Waals surface area contributed by atoms with Crippen LogP contribution in [0, 0.1) is 0 Å². The van der Waals surface area contributed by atoms with Crippen LogP contribution >= 0.6 is 15.9 Å². The summed E-state index contributed by atoms with van der Waals surface area (Å²) in [5.41, 5.74) is -0.0376. The summed E-state index contributed by atoms with van der Waals surface area (Å²) in [5, 5.41) is -0.263. The molecule has 1 aromatic rings. The molecule has 0 saturated heterocycles. The first-order valence-corrected chi connectivity index (χ1v) is 5.18. The Morgan fingerprint density at radius 2 is 2.07 bits per heavy atom. The molecule has 1 nitrogen and oxygen atoms in total. The van der Waals surface area contributed by atoms with Gasteiger partial charge >= 0.3 is 6.18 Å². The Balaban J connectivity index is 2.84. The zero-order valence-corrected chi connectivity index (χ0v) is 9.60. The Hall–Kier alpha value is -0.550. The summed E-state index contributed by atoms with van der Waals surface area (Å²) >= 11 is 3.19. The van der Waals surface area contributed by atoms with Crippen LogP contribution < -0.4 is 0 Å². The molecule has 0 N–H and O–H groups in total. The zero-order valence-electron chi connectivity index (χ0n) is 8.01. The minimum atomic E-state index is -4.29. The molecule has 1 unspecified atom stereocenters. The summed E-state index contributed by atoms with van der Waals surface area (Å²) in [5.74, 6) is 0. The fourth-order valence-corrected chi connectivity index (χ4v) is 1.52. The van der Waals surface area contributed by atoms with Crippen LogP contribution in [0.15, 0.2) is 24.3 Å². The molecule has 0 amide bonds. The first-order chi connectivity index (χ1) is 6.93. The Bertz CT molecular complexity index is 325. The lowest BCUT2D eigenvalue weighted by Gasteiger charge is -2.10. The molecule has 0 bridgehead atoms. The van der Waals surface area contributed by atoms with Crippen LogP contribution in [0.2, 0.25) is 0 Å². The van der Waals surface area contributed by atoms with E-state index in [4.69, 9.17) is 4.74 Å². The standard InChI is InChI=1S/C10H10BrF3O/c1-15-9(11)6-7-3-2-4-8(5-7)10(12,13)14/h2-5,9H,6H2,1H3. The smallest absolute Gasteiger partial charge is 0.370 e. The van der Waals surface area contributed by atoms with Crippen LogP contribution in [0.5, 0.6) is 0 Å². The van der Waals surface area contributed by atoms with E-state index in [0.29, 0.717) is 12.0 Å². The van der Waals surface area contributed by atoms with E-state index >= 15 is 0 Å². The minimum Gasteiger partial charge on any atom is -0.370 e. The van der Waals surface area contributed by atoms with E-state index in [1.54, 1.807) is 6.07 Å². The van der Waals surface area contributed by atoms with Crippen LogP contribution in [0.25, 0.3) is 0 Å². The highest BCUT2D eigenvalue weighted by molar-refractivity contribution is 9.09. The molecule has 0 fully saturated rings. The Kier molecular flexibility index (Phi) is 4.16. The SMILES string of the molecule is COC(Br)Cc1cccc(C(F)(F)F)c1. The number of alkyl halides is 4. The van der Waals surface area contributed by atoms with Gasteiger partial charge in [-0.25, -0.2) is 0 Å². The van der Waals surface area contributed by atoms with Gasteiger partial charge in [-0.05, 0) is 11.6 Å². The molecule has 84 valence electrons. The second-order valence-electron chi connectivity index (χ2n) is 3.05. The van der Waals surface area contributed by atoms with Crippen molar-refractivity contribution in [3.05, 3.63) is 35.4 Å². The van der Waals surface area contributed by atoms with Gasteiger partial charge in [0.25, 0.3) is 0 Å². The van der Waals surface area contributed by atoms with Crippen molar-refractivity contribution in [2.24, 2.45) is 0 Å². The number of hydrogen-bond acceptors (Lipinski definition) is 1. The molecule has 5 heteroatoms. The van der Waals surface area contributed by atoms with Crippen LogP contribution in [0.4, 0.5) is 13.2 Å². The topological polar surface area (TPSA) is 9.23 Å². The van der Waals surface area contributed by atoms with Crippen LogP contribution in [-0.2, 0) is 17.3 Å². The Morgan fingerprint density at radius 3 is 2.60 bits per heavy atom. The maximum Gasteiger partial charge on any atom is 0.416 e. The second kappa shape index (κ2) is 4.99. The largest absolute Gasteiger partial charge is 0.416 e. The molecule has 1 atom stereocenters. The van der Waals surface area contributed by atoms with E-state index < -0.39 is 11.7 Å². The van der Waals surface area contributed by atoms with E-state index in [1.807, 2.05) is 0 Å². The molecule has 0 heterocycles. The summed E-state index contributed by atoms with van der Waals surface area (Å²) in [7, 11) is 1.49. The van der Waals surface area contributed by atoms with Gasteiger partial charge in [0.15, 0.2) is 0 Å². The molecule has 15 heavy (non-hydrogen) atoms. The number of hydrogen-bond donors (Lipinski definition) is 0. The molecule has 0 spiro atoms. The maximum absolute atomic E-state index is 12.3. The maximum atomic E-state index is 12.3. The van der Waals surface area contributed by atoms with Crippen molar-refractivity contribution in [3.63, 3.8) is 0 Å². The molecular formula is C10H10BrF3O. The molecule has 0 aliphatic carbocycles. The number of benzene rings is 1. The lowest BCUT2D eigenvalue weighted by Crippen LogP contribution is -2.08. The quantitative estimate of drug-likeness (QED) is 0.770. The molecule has 1 rings (SSSR count). The van der Waals surface area contributed by atoms with Gasteiger partial charge in [-0.3, -0.25) is 0 Å². The van der Waals surface area contributed by atoms with Crippen LogP contribution in [-0.4, -0.2) is 12.1 Å². The van der Waals surface area contributed by atoms with E-state index in [9.17, 15) is 13.2 Å². The Morgan fingerprint density at radius 1 is 1.40 bits per heavy atom. The van der Waals surface area contributed by atoms with Crippen molar-refractivity contribution in [2.45, 2.75) is 17.6 Å². The van der Waals surface area contributed by atoms with Crippen molar-refractivity contribution in [1.82, 2.24) is 0 Å². The van der Waals surface area contributed by atoms with Gasteiger partial charge < -0.3 is 4.74 Å². The number of methoxy groups -OCH3 is 1. The van der Waals surface area contributed by atoms with Crippen LogP contribution in [0.3, 0.4) is 0 Å². The third-order valence-electron chi connectivity index (χ3n) is 1.91. The zero-order chi connectivity index (χ0) is 11.5. The van der Waals surface area contributed by atoms with E-state index in [-0.39, 0.29) is 5.01 Å². The van der Waals surface area contributed by atoms with Gasteiger partial charge in [0.1, 0.15) is 5.01 Å². The summed E-state index contributed by atoms with van der Waals surface area (Å²) in [6.07, 6.45) is -3.88. The van der Waals surface area contributed by atoms with Gasteiger partial charge in [-0.15, -0.1) is 0 Å². The molecule has 0 aliphatic rings. The number of rotatable bonds is 3. The monoisotopic (exact) mass is 282 g/mol. The minimum absolute atomic E-state index is 0.263. The highest BCUT2D eigenvalue weighted by atomic mass is 79.9. The third kappa shape index (κ3) is 3.83. The predicted octanol–water partition coefficient (Wildman–Crippen LogP) is 3.62. The molecule has 0 saturated carbocycles. The van der Waals surface area contributed by atoms with Gasteiger partial charge in [-0.1, -0.05) is 34.1 Å². The number of halogens is 4. The van der Waals surface area contributed by atoms with E-state index in [1.165, 1.54) is 13.2 Å². The second-order valence-corrected chi connectivity index (χ2v) is 4.07.